The molecule has 1 aliphatic rings. The Labute approximate surface area is 204 Å². The van der Waals surface area contributed by atoms with Crippen molar-refractivity contribution in [2.24, 2.45) is 0 Å². The summed E-state index contributed by atoms with van der Waals surface area (Å²) in [4.78, 5) is 23.2. The molecular formula is C31H25N3O. The number of hydrogen-bond acceptors (Lipinski definition) is 4. The van der Waals surface area contributed by atoms with Gasteiger partial charge < -0.3 is 5.32 Å². The summed E-state index contributed by atoms with van der Waals surface area (Å²) in [6.45, 7) is 6.60. The van der Waals surface area contributed by atoms with Crippen molar-refractivity contribution in [2.75, 3.05) is 5.32 Å². The van der Waals surface area contributed by atoms with Crippen molar-refractivity contribution in [3.8, 4) is 22.4 Å². The molecule has 0 bridgehead atoms. The third kappa shape index (κ3) is 3.50. The van der Waals surface area contributed by atoms with Gasteiger partial charge in [0.2, 0.25) is 0 Å². The lowest BCUT2D eigenvalue weighted by Crippen LogP contribution is -2.14. The van der Waals surface area contributed by atoms with E-state index in [1.165, 1.54) is 5.56 Å². The van der Waals surface area contributed by atoms with Gasteiger partial charge in [-0.2, -0.15) is 0 Å². The molecular weight excluding hydrogens is 430 g/mol. The minimum atomic E-state index is -0.0127. The lowest BCUT2D eigenvalue weighted by Gasteiger charge is -2.24. The molecule has 0 unspecified atom stereocenters. The molecule has 0 amide bonds. The van der Waals surface area contributed by atoms with Crippen molar-refractivity contribution >= 4 is 28.1 Å². The topological polar surface area (TPSA) is 54.9 Å². The van der Waals surface area contributed by atoms with E-state index in [0.29, 0.717) is 11.1 Å². The van der Waals surface area contributed by atoms with Crippen LogP contribution < -0.4 is 5.32 Å². The first-order valence-electron chi connectivity index (χ1n) is 11.8. The lowest BCUT2D eigenvalue weighted by atomic mass is 9.83. The van der Waals surface area contributed by atoms with Crippen molar-refractivity contribution in [1.82, 2.24) is 9.97 Å². The Morgan fingerprint density at radius 2 is 1.43 bits per heavy atom. The molecule has 5 aromatic rings. The van der Waals surface area contributed by atoms with Gasteiger partial charge in [-0.15, -0.1) is 0 Å². The number of aromatic nitrogens is 2. The lowest BCUT2D eigenvalue weighted by molar-refractivity contribution is 0.104. The normalized spacial score (nSPS) is 12.5. The summed E-state index contributed by atoms with van der Waals surface area (Å²) in [5, 5.41) is 4.35. The summed E-state index contributed by atoms with van der Waals surface area (Å²) in [7, 11) is 0. The molecule has 1 heterocycles. The monoisotopic (exact) mass is 455 g/mol. The standard InChI is InChI=1S/C31H25N3O/c1-31(2,3)20-13-15-21(16-14-20)34-25-17-24(19-9-5-4-6-10-19)29-27-26(25)30(35)23-12-8-7-11-22(23)28(27)32-18-33-29/h4-18,34H,1-3H3. The second kappa shape index (κ2) is 7.88. The van der Waals surface area contributed by atoms with E-state index in [-0.39, 0.29) is 11.2 Å². The minimum Gasteiger partial charge on any atom is -0.355 e. The second-order valence-corrected chi connectivity index (χ2v) is 9.99. The summed E-state index contributed by atoms with van der Waals surface area (Å²) < 4.78 is 0. The largest absolute Gasteiger partial charge is 0.355 e. The molecule has 0 radical (unpaired) electrons. The van der Waals surface area contributed by atoms with Gasteiger partial charge >= 0.3 is 0 Å². The van der Waals surface area contributed by atoms with Crippen LogP contribution in [-0.2, 0) is 5.41 Å². The van der Waals surface area contributed by atoms with Gasteiger partial charge in [0, 0.05) is 27.8 Å². The first-order chi connectivity index (χ1) is 16.9. The van der Waals surface area contributed by atoms with E-state index in [1.54, 1.807) is 6.33 Å². The highest BCUT2D eigenvalue weighted by atomic mass is 16.1. The molecule has 4 nitrogen and oxygen atoms in total. The van der Waals surface area contributed by atoms with Gasteiger partial charge in [-0.3, -0.25) is 4.79 Å². The van der Waals surface area contributed by atoms with E-state index in [4.69, 9.17) is 0 Å². The van der Waals surface area contributed by atoms with Crippen LogP contribution in [0.1, 0.15) is 42.3 Å². The molecule has 6 rings (SSSR count). The summed E-state index contributed by atoms with van der Waals surface area (Å²) in [6.07, 6.45) is 1.60. The Hall–Kier alpha value is -4.31. The molecule has 1 aliphatic carbocycles. The van der Waals surface area contributed by atoms with Gasteiger partial charge in [-0.05, 0) is 34.7 Å². The van der Waals surface area contributed by atoms with Crippen LogP contribution in [0.25, 0.3) is 33.3 Å². The molecule has 0 saturated carbocycles. The molecule has 4 heteroatoms. The number of nitrogens with one attached hydrogen (secondary N) is 1. The van der Waals surface area contributed by atoms with E-state index in [1.807, 2.05) is 48.5 Å². The fourth-order valence-corrected chi connectivity index (χ4v) is 4.85. The number of rotatable bonds is 3. The highest BCUT2D eigenvalue weighted by Gasteiger charge is 2.30. The first-order valence-corrected chi connectivity index (χ1v) is 11.8. The maximum Gasteiger partial charge on any atom is 0.196 e. The molecule has 1 N–H and O–H groups in total. The van der Waals surface area contributed by atoms with Crippen LogP contribution in [0.3, 0.4) is 0 Å². The van der Waals surface area contributed by atoms with E-state index >= 15 is 0 Å². The quantitative estimate of drug-likeness (QED) is 0.299. The number of hydrogen-bond donors (Lipinski definition) is 1. The number of benzene rings is 4. The Morgan fingerprint density at radius 3 is 2.14 bits per heavy atom. The third-order valence-corrected chi connectivity index (χ3v) is 6.68. The summed E-state index contributed by atoms with van der Waals surface area (Å²) in [5.74, 6) is -0.0127. The van der Waals surface area contributed by atoms with Crippen molar-refractivity contribution < 1.29 is 4.79 Å². The SMILES string of the molecule is CC(C)(C)c1ccc(Nc2cc(-c3ccccc3)c3ncnc4c3c2C(=O)c2ccccc2-4)cc1. The van der Waals surface area contributed by atoms with Gasteiger partial charge in [-0.1, -0.05) is 87.5 Å². The maximum atomic E-state index is 13.8. The van der Waals surface area contributed by atoms with Crippen molar-refractivity contribution in [1.29, 1.82) is 0 Å². The van der Waals surface area contributed by atoms with Gasteiger partial charge in [0.05, 0.1) is 22.5 Å². The molecule has 0 atom stereocenters. The molecule has 35 heavy (non-hydrogen) atoms. The third-order valence-electron chi connectivity index (χ3n) is 6.68. The minimum absolute atomic E-state index is 0.0127. The van der Waals surface area contributed by atoms with Crippen molar-refractivity contribution in [3.63, 3.8) is 0 Å². The van der Waals surface area contributed by atoms with Crippen LogP contribution in [0.2, 0.25) is 0 Å². The van der Waals surface area contributed by atoms with Crippen LogP contribution in [0.15, 0.2) is 91.3 Å². The van der Waals surface area contributed by atoms with Crippen LogP contribution in [0, 0.1) is 0 Å². The van der Waals surface area contributed by atoms with E-state index in [2.05, 4.69) is 72.5 Å². The first kappa shape index (κ1) is 21.2. The Bertz CT molecular complexity index is 1600. The molecule has 4 aromatic carbocycles. The Morgan fingerprint density at radius 1 is 0.743 bits per heavy atom. The van der Waals surface area contributed by atoms with Crippen LogP contribution in [0.4, 0.5) is 11.4 Å². The molecule has 0 saturated heterocycles. The number of anilines is 2. The predicted octanol–water partition coefficient (Wildman–Crippen LogP) is 7.55. The molecule has 0 aliphatic heterocycles. The molecule has 0 fully saturated rings. The van der Waals surface area contributed by atoms with Crippen LogP contribution in [-0.4, -0.2) is 15.8 Å². The maximum absolute atomic E-state index is 13.8. The predicted molar refractivity (Wildman–Crippen MR) is 142 cm³/mol. The van der Waals surface area contributed by atoms with Crippen molar-refractivity contribution in [2.45, 2.75) is 26.2 Å². The summed E-state index contributed by atoms with van der Waals surface area (Å²) in [6, 6.07) is 28.3. The zero-order chi connectivity index (χ0) is 24.2. The zero-order valence-electron chi connectivity index (χ0n) is 20.0. The molecule has 1 aromatic heterocycles. The van der Waals surface area contributed by atoms with Gasteiger partial charge in [0.15, 0.2) is 5.78 Å². The second-order valence-electron chi connectivity index (χ2n) is 9.99. The fourth-order valence-electron chi connectivity index (χ4n) is 4.85. The van der Waals surface area contributed by atoms with Gasteiger partial charge in [0.25, 0.3) is 0 Å². The fraction of sp³-hybridized carbons (Fsp3) is 0.129. The van der Waals surface area contributed by atoms with Gasteiger partial charge in [0.1, 0.15) is 6.33 Å². The molecule has 170 valence electrons. The number of carbonyl (C=O) groups excluding carboxylic acids is 1. The van der Waals surface area contributed by atoms with E-state index < -0.39 is 0 Å². The van der Waals surface area contributed by atoms with E-state index in [0.717, 1.165) is 44.7 Å². The highest BCUT2D eigenvalue weighted by molar-refractivity contribution is 6.29. The Kier molecular flexibility index (Phi) is 4.78. The number of ketones is 1. The van der Waals surface area contributed by atoms with Gasteiger partial charge in [-0.25, -0.2) is 9.97 Å². The average Bonchev–Trinajstić information content (AvgIpc) is 2.87. The highest BCUT2D eigenvalue weighted by Crippen LogP contribution is 2.44. The summed E-state index contributed by atoms with van der Waals surface area (Å²) >= 11 is 0. The number of nitrogens with zero attached hydrogens (tertiary/aromatic N) is 2. The number of fused-ring (bicyclic) bond motifs is 2. The Balaban J connectivity index is 1.62. The smallest absolute Gasteiger partial charge is 0.196 e. The molecule has 0 spiro atoms. The van der Waals surface area contributed by atoms with E-state index in [9.17, 15) is 4.79 Å². The zero-order valence-corrected chi connectivity index (χ0v) is 20.0. The summed E-state index contributed by atoms with van der Waals surface area (Å²) in [5.41, 5.74) is 8.74. The van der Waals surface area contributed by atoms with Crippen LogP contribution >= 0.6 is 0 Å². The van der Waals surface area contributed by atoms with Crippen LogP contribution in [0.5, 0.6) is 0 Å². The number of carbonyl (C=O) groups is 1. The average molecular weight is 456 g/mol. The van der Waals surface area contributed by atoms with Crippen molar-refractivity contribution in [3.05, 3.63) is 108 Å².